The van der Waals surface area contributed by atoms with E-state index in [1.165, 1.54) is 0 Å². The van der Waals surface area contributed by atoms with Gasteiger partial charge in [0.05, 0.1) is 20.8 Å². The van der Waals surface area contributed by atoms with Crippen molar-refractivity contribution in [1.29, 1.82) is 0 Å². The van der Waals surface area contributed by atoms with Crippen molar-refractivity contribution in [2.75, 3.05) is 20.8 Å². The van der Waals surface area contributed by atoms with E-state index in [1.807, 2.05) is 63.2 Å². The van der Waals surface area contributed by atoms with E-state index in [2.05, 4.69) is 0 Å². The number of Topliss-reactive ketones (excluding diaryl/α,β-unsaturated/α-hetero) is 1. The van der Waals surface area contributed by atoms with Gasteiger partial charge in [-0.15, -0.1) is 0 Å². The molecule has 2 aromatic rings. The van der Waals surface area contributed by atoms with Crippen LogP contribution in [0.5, 0.6) is 11.5 Å². The Labute approximate surface area is 207 Å². The molecule has 2 aliphatic rings. The van der Waals surface area contributed by atoms with Crippen LogP contribution < -0.4 is 9.47 Å². The highest BCUT2D eigenvalue weighted by molar-refractivity contribution is 6.09. The number of carbonyl (C=O) groups is 2. The van der Waals surface area contributed by atoms with Crippen LogP contribution >= 0.6 is 0 Å². The number of benzene rings is 2. The first-order valence-electron chi connectivity index (χ1n) is 12.1. The lowest BCUT2D eigenvalue weighted by Crippen LogP contribution is -2.38. The average molecular weight is 476 g/mol. The summed E-state index contributed by atoms with van der Waals surface area (Å²) < 4.78 is 16.4. The predicted octanol–water partition coefficient (Wildman–Crippen LogP) is 5.54. The number of esters is 1. The summed E-state index contributed by atoms with van der Waals surface area (Å²) >= 11 is 0. The molecule has 35 heavy (non-hydrogen) atoms. The van der Waals surface area contributed by atoms with Crippen molar-refractivity contribution in [3.8, 4) is 11.5 Å². The molecular formula is C29H33NO5. The van der Waals surface area contributed by atoms with Gasteiger partial charge in [-0.3, -0.25) is 14.6 Å². The van der Waals surface area contributed by atoms with Gasteiger partial charge in [0.1, 0.15) is 5.92 Å². The van der Waals surface area contributed by atoms with Crippen LogP contribution in [0, 0.1) is 12.8 Å². The standard InChI is InChI=1S/C29H33NO5/c1-6-13-35-29(32)26-18(3)30-22-14-20(19-11-12-24(33-4)25(16-19)34-5)15-23(31)28(22)27(26)21-10-8-7-9-17(21)2/h7-12,16,20,26-27H,6,13-15H2,1-5H3/t20-,26?,27+/m1/s1. The van der Waals surface area contributed by atoms with E-state index in [0.717, 1.165) is 28.8 Å². The summed E-state index contributed by atoms with van der Waals surface area (Å²) in [6, 6.07) is 13.7. The Kier molecular flexibility index (Phi) is 7.39. The normalized spacial score (nSPS) is 21.8. The molecule has 0 bridgehead atoms. The number of methoxy groups -OCH3 is 2. The van der Waals surface area contributed by atoms with Crippen LogP contribution in [0.3, 0.4) is 0 Å². The van der Waals surface area contributed by atoms with Crippen molar-refractivity contribution in [1.82, 2.24) is 0 Å². The number of ether oxygens (including phenoxy) is 3. The van der Waals surface area contributed by atoms with E-state index < -0.39 is 11.8 Å². The van der Waals surface area contributed by atoms with Crippen LogP contribution in [0.2, 0.25) is 0 Å². The van der Waals surface area contributed by atoms with Crippen LogP contribution in [0.15, 0.2) is 58.7 Å². The maximum absolute atomic E-state index is 13.7. The van der Waals surface area contributed by atoms with Gasteiger partial charge in [0.15, 0.2) is 17.3 Å². The number of allylic oxidation sites excluding steroid dienone is 2. The molecule has 6 nitrogen and oxygen atoms in total. The summed E-state index contributed by atoms with van der Waals surface area (Å²) in [6.07, 6.45) is 1.71. The first-order chi connectivity index (χ1) is 16.9. The molecule has 0 spiro atoms. The molecule has 3 atom stereocenters. The van der Waals surface area contributed by atoms with Gasteiger partial charge in [-0.25, -0.2) is 0 Å². The molecule has 2 aromatic carbocycles. The molecule has 0 fully saturated rings. The third-order valence-electron chi connectivity index (χ3n) is 6.99. The highest BCUT2D eigenvalue weighted by Crippen LogP contribution is 2.48. The Morgan fingerprint density at radius 1 is 1.03 bits per heavy atom. The molecule has 0 amide bonds. The van der Waals surface area contributed by atoms with Crippen molar-refractivity contribution < 1.29 is 23.8 Å². The lowest BCUT2D eigenvalue weighted by Gasteiger charge is -2.37. The molecular weight excluding hydrogens is 442 g/mol. The molecule has 1 aliphatic carbocycles. The molecule has 0 saturated heterocycles. The quantitative estimate of drug-likeness (QED) is 0.492. The van der Waals surface area contributed by atoms with Crippen LogP contribution in [-0.2, 0) is 14.3 Å². The summed E-state index contributed by atoms with van der Waals surface area (Å²) in [4.78, 5) is 31.8. The Morgan fingerprint density at radius 3 is 2.46 bits per heavy atom. The molecule has 1 aliphatic heterocycles. The van der Waals surface area contributed by atoms with Crippen molar-refractivity contribution in [3.05, 3.63) is 70.4 Å². The van der Waals surface area contributed by atoms with Gasteiger partial charge in [-0.05, 0) is 61.4 Å². The summed E-state index contributed by atoms with van der Waals surface area (Å²) in [5.41, 5.74) is 5.14. The Balaban J connectivity index is 1.77. The number of nitrogens with zero attached hydrogens (tertiary/aromatic N) is 1. The summed E-state index contributed by atoms with van der Waals surface area (Å²) in [6.45, 7) is 6.21. The molecule has 184 valence electrons. The van der Waals surface area contributed by atoms with Crippen LogP contribution in [-0.4, -0.2) is 38.3 Å². The van der Waals surface area contributed by atoms with E-state index in [9.17, 15) is 9.59 Å². The lowest BCUT2D eigenvalue weighted by molar-refractivity contribution is -0.146. The second-order valence-electron chi connectivity index (χ2n) is 9.24. The number of hydrogen-bond donors (Lipinski definition) is 0. The summed E-state index contributed by atoms with van der Waals surface area (Å²) in [5, 5.41) is 0. The van der Waals surface area contributed by atoms with Crippen molar-refractivity contribution in [2.24, 2.45) is 10.9 Å². The first-order valence-corrected chi connectivity index (χ1v) is 12.1. The molecule has 4 rings (SSSR count). The number of rotatable bonds is 7. The Bertz CT molecular complexity index is 1200. The maximum Gasteiger partial charge on any atom is 0.315 e. The molecule has 0 radical (unpaired) electrons. The second-order valence-corrected chi connectivity index (χ2v) is 9.24. The fourth-order valence-electron chi connectivity index (χ4n) is 5.27. The van der Waals surface area contributed by atoms with Crippen molar-refractivity contribution in [3.63, 3.8) is 0 Å². The monoisotopic (exact) mass is 475 g/mol. The van der Waals surface area contributed by atoms with Gasteiger partial charge in [0.2, 0.25) is 0 Å². The lowest BCUT2D eigenvalue weighted by atomic mass is 9.68. The number of ketones is 1. The number of aryl methyl sites for hydroxylation is 1. The zero-order chi connectivity index (χ0) is 25.1. The minimum Gasteiger partial charge on any atom is -0.493 e. The van der Waals surface area contributed by atoms with Gasteiger partial charge in [-0.1, -0.05) is 37.3 Å². The third kappa shape index (κ3) is 4.75. The molecule has 6 heteroatoms. The molecule has 1 unspecified atom stereocenters. The molecule has 0 aromatic heterocycles. The number of aliphatic imine (C=N–C) groups is 1. The second kappa shape index (κ2) is 10.5. The minimum absolute atomic E-state index is 0.0290. The molecule has 0 N–H and O–H groups in total. The van der Waals surface area contributed by atoms with Gasteiger partial charge in [-0.2, -0.15) is 0 Å². The first kappa shape index (κ1) is 24.7. The Morgan fingerprint density at radius 2 is 1.77 bits per heavy atom. The predicted molar refractivity (Wildman–Crippen MR) is 135 cm³/mol. The smallest absolute Gasteiger partial charge is 0.315 e. The topological polar surface area (TPSA) is 74.2 Å². The van der Waals surface area contributed by atoms with E-state index >= 15 is 0 Å². The van der Waals surface area contributed by atoms with Gasteiger partial charge in [0.25, 0.3) is 0 Å². The van der Waals surface area contributed by atoms with Crippen molar-refractivity contribution in [2.45, 2.75) is 51.9 Å². The minimum atomic E-state index is -0.608. The summed E-state index contributed by atoms with van der Waals surface area (Å²) in [5.74, 6) is -0.0323. The third-order valence-corrected chi connectivity index (χ3v) is 6.99. The van der Waals surface area contributed by atoms with Crippen LogP contribution in [0.1, 0.15) is 61.6 Å². The van der Waals surface area contributed by atoms with E-state index in [0.29, 0.717) is 42.2 Å². The number of carbonyl (C=O) groups excluding carboxylic acids is 2. The van der Waals surface area contributed by atoms with Crippen LogP contribution in [0.4, 0.5) is 0 Å². The van der Waals surface area contributed by atoms with Crippen molar-refractivity contribution >= 4 is 17.5 Å². The largest absolute Gasteiger partial charge is 0.493 e. The van der Waals surface area contributed by atoms with E-state index in [1.54, 1.807) is 14.2 Å². The van der Waals surface area contributed by atoms with Crippen LogP contribution in [0.25, 0.3) is 0 Å². The average Bonchev–Trinajstić information content (AvgIpc) is 2.86. The zero-order valence-corrected chi connectivity index (χ0v) is 21.1. The highest BCUT2D eigenvalue weighted by atomic mass is 16.5. The number of hydrogen-bond acceptors (Lipinski definition) is 6. The molecule has 1 heterocycles. The Hall–Kier alpha value is -3.41. The van der Waals surface area contributed by atoms with Gasteiger partial charge >= 0.3 is 5.97 Å². The van der Waals surface area contributed by atoms with Gasteiger partial charge in [0, 0.05) is 29.3 Å². The molecule has 0 saturated carbocycles. The maximum atomic E-state index is 13.7. The van der Waals surface area contributed by atoms with E-state index in [-0.39, 0.29) is 17.7 Å². The van der Waals surface area contributed by atoms with Gasteiger partial charge < -0.3 is 14.2 Å². The van der Waals surface area contributed by atoms with E-state index in [4.69, 9.17) is 19.2 Å². The zero-order valence-electron chi connectivity index (χ0n) is 21.1. The summed E-state index contributed by atoms with van der Waals surface area (Å²) in [7, 11) is 3.21. The highest BCUT2D eigenvalue weighted by Gasteiger charge is 2.45. The fourth-order valence-corrected chi connectivity index (χ4v) is 5.27. The fraction of sp³-hybridized carbons (Fsp3) is 0.414. The SMILES string of the molecule is CCCOC(=O)C1C(C)=NC2=C(C(=O)C[C@H](c3ccc(OC)c(OC)c3)C2)[C@H]1c1ccccc1C.